The van der Waals surface area contributed by atoms with E-state index >= 15 is 0 Å². The summed E-state index contributed by atoms with van der Waals surface area (Å²) in [5, 5.41) is 2.67. The van der Waals surface area contributed by atoms with Crippen LogP contribution in [-0.4, -0.2) is 80.1 Å². The van der Waals surface area contributed by atoms with Crippen LogP contribution in [0, 0.1) is 0 Å². The summed E-state index contributed by atoms with van der Waals surface area (Å²) in [4.78, 5) is 52.6. The van der Waals surface area contributed by atoms with Crippen molar-refractivity contribution < 1.29 is 28.7 Å². The molecule has 32 heavy (non-hydrogen) atoms. The molecule has 10 nitrogen and oxygen atoms in total. The van der Waals surface area contributed by atoms with E-state index in [9.17, 15) is 19.2 Å². The summed E-state index contributed by atoms with van der Waals surface area (Å²) < 4.78 is 11.3. The van der Waals surface area contributed by atoms with E-state index in [1.807, 2.05) is 23.1 Å². The highest BCUT2D eigenvalue weighted by Crippen LogP contribution is 2.39. The molecule has 0 saturated carbocycles. The SMILES string of the molecule is CC(=O)CCC(=O)N1CCN2c3ccc(N4C[C@H](CNC(C)=O)OC4=O)cc3OCC2C1. The van der Waals surface area contributed by atoms with Crippen molar-refractivity contribution in [2.45, 2.75) is 38.8 Å². The number of nitrogens with zero attached hydrogens (tertiary/aromatic N) is 3. The molecule has 2 saturated heterocycles. The maximum absolute atomic E-state index is 12.4. The molecule has 1 aromatic rings. The first-order chi connectivity index (χ1) is 15.3. The molecule has 10 heteroatoms. The van der Waals surface area contributed by atoms with Crippen molar-refractivity contribution >= 4 is 35.1 Å². The van der Waals surface area contributed by atoms with Gasteiger partial charge in [-0.3, -0.25) is 14.5 Å². The van der Waals surface area contributed by atoms with Gasteiger partial charge in [-0.1, -0.05) is 0 Å². The van der Waals surface area contributed by atoms with Gasteiger partial charge in [0.15, 0.2) is 0 Å². The van der Waals surface area contributed by atoms with Crippen LogP contribution in [0.2, 0.25) is 0 Å². The summed E-state index contributed by atoms with van der Waals surface area (Å²) in [5.41, 5.74) is 1.61. The minimum absolute atomic E-state index is 0.00218. The quantitative estimate of drug-likeness (QED) is 0.695. The summed E-state index contributed by atoms with van der Waals surface area (Å²) >= 11 is 0. The molecule has 4 rings (SSSR count). The van der Waals surface area contributed by atoms with Crippen LogP contribution in [0.15, 0.2) is 18.2 Å². The largest absolute Gasteiger partial charge is 0.489 e. The monoisotopic (exact) mass is 444 g/mol. The Labute approximate surface area is 186 Å². The number of hydrogen-bond donors (Lipinski definition) is 1. The van der Waals surface area contributed by atoms with Gasteiger partial charge in [-0.2, -0.15) is 0 Å². The Bertz CT molecular complexity index is 935. The van der Waals surface area contributed by atoms with Crippen LogP contribution in [0.4, 0.5) is 16.2 Å². The Morgan fingerprint density at radius 1 is 1.12 bits per heavy atom. The lowest BCUT2D eigenvalue weighted by Gasteiger charge is -2.45. The Morgan fingerprint density at radius 2 is 1.94 bits per heavy atom. The molecule has 0 bridgehead atoms. The topological polar surface area (TPSA) is 108 Å². The molecule has 0 aromatic heterocycles. The number of rotatable bonds is 6. The van der Waals surface area contributed by atoms with Crippen molar-refractivity contribution in [2.75, 3.05) is 49.1 Å². The van der Waals surface area contributed by atoms with Crippen LogP contribution in [0.1, 0.15) is 26.7 Å². The Hall–Kier alpha value is -3.30. The Balaban J connectivity index is 1.40. The van der Waals surface area contributed by atoms with Crippen LogP contribution in [0.25, 0.3) is 0 Å². The standard InChI is InChI=1S/C22H28N4O6/c1-14(27)3-6-21(29)24-7-8-25-17(11-24)13-31-20-9-16(4-5-19(20)25)26-12-18(32-22(26)30)10-23-15(2)28/h4-5,9,17-18H,3,6-8,10-13H2,1-2H3,(H,23,28)/t17?,18-/m0/s1. The first-order valence-corrected chi connectivity index (χ1v) is 10.8. The zero-order chi connectivity index (χ0) is 22.8. The Morgan fingerprint density at radius 3 is 2.69 bits per heavy atom. The second kappa shape index (κ2) is 9.05. The van der Waals surface area contributed by atoms with Crippen molar-refractivity contribution in [3.05, 3.63) is 18.2 Å². The number of carbonyl (C=O) groups is 4. The summed E-state index contributed by atoms with van der Waals surface area (Å²) in [6, 6.07) is 5.66. The fourth-order valence-electron chi connectivity index (χ4n) is 4.29. The number of cyclic esters (lactones) is 1. The van der Waals surface area contributed by atoms with Gasteiger partial charge in [-0.25, -0.2) is 4.79 Å². The number of piperazine rings is 1. The van der Waals surface area contributed by atoms with Gasteiger partial charge in [-0.05, 0) is 19.1 Å². The molecule has 1 N–H and O–H groups in total. The second-order valence-electron chi connectivity index (χ2n) is 8.41. The number of Topliss-reactive ketones (excluding diaryl/α,β-unsaturated/α-hetero) is 1. The zero-order valence-corrected chi connectivity index (χ0v) is 18.3. The number of carbonyl (C=O) groups excluding carboxylic acids is 4. The predicted molar refractivity (Wildman–Crippen MR) is 116 cm³/mol. The maximum atomic E-state index is 12.4. The number of benzene rings is 1. The van der Waals surface area contributed by atoms with Crippen LogP contribution in [-0.2, 0) is 19.1 Å². The molecular formula is C22H28N4O6. The molecular weight excluding hydrogens is 416 g/mol. The number of hydrogen-bond acceptors (Lipinski definition) is 7. The molecule has 0 aliphatic carbocycles. The molecule has 3 amide bonds. The molecule has 2 fully saturated rings. The van der Waals surface area contributed by atoms with Crippen LogP contribution >= 0.6 is 0 Å². The van der Waals surface area contributed by atoms with Crippen LogP contribution < -0.4 is 19.9 Å². The maximum Gasteiger partial charge on any atom is 0.414 e. The summed E-state index contributed by atoms with van der Waals surface area (Å²) in [6.45, 7) is 5.80. The van der Waals surface area contributed by atoms with Crippen LogP contribution in [0.5, 0.6) is 5.75 Å². The lowest BCUT2D eigenvalue weighted by atomic mass is 10.1. The van der Waals surface area contributed by atoms with E-state index < -0.39 is 12.2 Å². The molecule has 3 aliphatic rings. The number of amides is 3. The highest BCUT2D eigenvalue weighted by molar-refractivity contribution is 5.91. The average Bonchev–Trinajstić information content (AvgIpc) is 3.15. The Kier molecular flexibility index (Phi) is 6.20. The van der Waals surface area contributed by atoms with E-state index in [1.165, 1.54) is 18.7 Å². The van der Waals surface area contributed by atoms with Gasteiger partial charge < -0.3 is 29.4 Å². The first-order valence-electron chi connectivity index (χ1n) is 10.8. The van der Waals surface area contributed by atoms with Crippen LogP contribution in [0.3, 0.4) is 0 Å². The van der Waals surface area contributed by atoms with Gasteiger partial charge in [0.2, 0.25) is 11.8 Å². The number of nitrogens with one attached hydrogen (secondary N) is 1. The van der Waals surface area contributed by atoms with E-state index in [0.29, 0.717) is 44.2 Å². The predicted octanol–water partition coefficient (Wildman–Crippen LogP) is 0.927. The number of ether oxygens (including phenoxy) is 2. The minimum atomic E-state index is -0.452. The fourth-order valence-corrected chi connectivity index (χ4v) is 4.29. The van der Waals surface area contributed by atoms with Gasteiger partial charge in [0.05, 0.1) is 30.5 Å². The van der Waals surface area contributed by atoms with Gasteiger partial charge in [0.1, 0.15) is 24.2 Å². The first kappa shape index (κ1) is 21.9. The van der Waals surface area contributed by atoms with E-state index in [-0.39, 0.29) is 43.0 Å². The molecule has 3 aliphatic heterocycles. The molecule has 1 unspecified atom stereocenters. The highest BCUT2D eigenvalue weighted by Gasteiger charge is 2.36. The van der Waals surface area contributed by atoms with E-state index in [2.05, 4.69) is 10.2 Å². The third-order valence-corrected chi connectivity index (χ3v) is 5.97. The smallest absolute Gasteiger partial charge is 0.414 e. The van der Waals surface area contributed by atoms with Crippen molar-refractivity contribution in [1.82, 2.24) is 10.2 Å². The molecule has 172 valence electrons. The molecule has 0 spiro atoms. The molecule has 1 aromatic carbocycles. The zero-order valence-electron chi connectivity index (χ0n) is 18.3. The lowest BCUT2D eigenvalue weighted by molar-refractivity contribution is -0.133. The summed E-state index contributed by atoms with van der Waals surface area (Å²) in [5.74, 6) is 0.540. The minimum Gasteiger partial charge on any atom is -0.489 e. The van der Waals surface area contributed by atoms with Gasteiger partial charge in [0, 0.05) is 45.5 Å². The number of fused-ring (bicyclic) bond motifs is 3. The van der Waals surface area contributed by atoms with Crippen molar-refractivity contribution in [3.63, 3.8) is 0 Å². The number of anilines is 2. The third kappa shape index (κ3) is 4.63. The van der Waals surface area contributed by atoms with Gasteiger partial charge in [-0.15, -0.1) is 0 Å². The van der Waals surface area contributed by atoms with Crippen molar-refractivity contribution in [3.8, 4) is 5.75 Å². The fraction of sp³-hybridized carbons (Fsp3) is 0.545. The third-order valence-electron chi connectivity index (χ3n) is 5.97. The van der Waals surface area contributed by atoms with Gasteiger partial charge >= 0.3 is 6.09 Å². The van der Waals surface area contributed by atoms with E-state index in [1.54, 1.807) is 0 Å². The normalized spacial score (nSPS) is 21.9. The summed E-state index contributed by atoms with van der Waals surface area (Å²) in [6.07, 6.45) is -0.332. The van der Waals surface area contributed by atoms with Crippen molar-refractivity contribution in [1.29, 1.82) is 0 Å². The van der Waals surface area contributed by atoms with E-state index in [4.69, 9.17) is 9.47 Å². The van der Waals surface area contributed by atoms with Gasteiger partial charge in [0.25, 0.3) is 0 Å². The average molecular weight is 444 g/mol. The lowest BCUT2D eigenvalue weighted by Crippen LogP contribution is -2.58. The number of ketones is 1. The molecule has 0 radical (unpaired) electrons. The van der Waals surface area contributed by atoms with E-state index in [0.717, 1.165) is 5.69 Å². The molecule has 3 heterocycles. The second-order valence-corrected chi connectivity index (χ2v) is 8.41. The molecule has 2 atom stereocenters. The highest BCUT2D eigenvalue weighted by atomic mass is 16.6. The summed E-state index contributed by atoms with van der Waals surface area (Å²) in [7, 11) is 0. The van der Waals surface area contributed by atoms with Crippen molar-refractivity contribution in [2.24, 2.45) is 0 Å².